The fourth-order valence-electron chi connectivity index (χ4n) is 3.92. The van der Waals surface area contributed by atoms with Gasteiger partial charge in [0.05, 0.1) is 17.7 Å². The number of carbonyl (C=O) groups excluding carboxylic acids is 5. The third-order valence-corrected chi connectivity index (χ3v) is 5.43. The second-order valence-electron chi connectivity index (χ2n) is 7.31. The highest BCUT2D eigenvalue weighted by Crippen LogP contribution is 2.31. The SMILES string of the molecule is O=C(O)CN1CCN(c2ccc3c(c2)C(=O)N(C2CCC(=O)NC2=O)C3=O)CC1=O. The number of carboxylic acids is 1. The predicted molar refractivity (Wildman–Crippen MR) is 99.5 cm³/mol. The standard InChI is InChI=1S/C19H18N4O7/c24-14-4-3-13(17(28)20-14)23-18(29)11-2-1-10(7-12(11)19(23)30)21-5-6-22(9-16(26)27)15(25)8-21/h1-2,7,13H,3-6,8-9H2,(H,26,27)(H,20,24,28). The van der Waals surface area contributed by atoms with Crippen molar-refractivity contribution in [2.45, 2.75) is 18.9 Å². The summed E-state index contributed by atoms with van der Waals surface area (Å²) >= 11 is 0. The summed E-state index contributed by atoms with van der Waals surface area (Å²) < 4.78 is 0. The molecular weight excluding hydrogens is 396 g/mol. The first-order valence-corrected chi connectivity index (χ1v) is 9.36. The lowest BCUT2D eigenvalue weighted by Crippen LogP contribution is -2.54. The summed E-state index contributed by atoms with van der Waals surface area (Å²) in [6.45, 7) is 0.171. The first-order chi connectivity index (χ1) is 14.3. The summed E-state index contributed by atoms with van der Waals surface area (Å²) in [5, 5.41) is 11.0. The molecule has 30 heavy (non-hydrogen) atoms. The first kappa shape index (κ1) is 19.6. The molecule has 0 spiro atoms. The molecule has 2 N–H and O–H groups in total. The van der Waals surface area contributed by atoms with Crippen molar-refractivity contribution >= 4 is 41.2 Å². The minimum atomic E-state index is -1.09. The fourth-order valence-corrected chi connectivity index (χ4v) is 3.92. The summed E-state index contributed by atoms with van der Waals surface area (Å²) in [6, 6.07) is 3.55. The molecule has 3 aliphatic heterocycles. The fraction of sp³-hybridized carbons (Fsp3) is 0.368. The minimum Gasteiger partial charge on any atom is -0.480 e. The molecule has 4 rings (SSSR count). The van der Waals surface area contributed by atoms with E-state index in [2.05, 4.69) is 5.32 Å². The van der Waals surface area contributed by atoms with Crippen LogP contribution in [-0.2, 0) is 19.2 Å². The Morgan fingerprint density at radius 3 is 2.47 bits per heavy atom. The van der Waals surface area contributed by atoms with Gasteiger partial charge in [0.15, 0.2) is 0 Å². The van der Waals surface area contributed by atoms with Crippen LogP contribution < -0.4 is 10.2 Å². The Labute approximate surface area is 170 Å². The number of amides is 5. The molecular formula is C19H18N4O7. The number of rotatable bonds is 4. The lowest BCUT2D eigenvalue weighted by molar-refractivity contribution is -0.144. The molecule has 1 aromatic rings. The van der Waals surface area contributed by atoms with Gasteiger partial charge in [-0.2, -0.15) is 0 Å². The number of piperidine rings is 1. The van der Waals surface area contributed by atoms with Gasteiger partial charge in [-0.3, -0.25) is 39.0 Å². The topological polar surface area (TPSA) is 144 Å². The zero-order valence-corrected chi connectivity index (χ0v) is 15.8. The van der Waals surface area contributed by atoms with E-state index in [4.69, 9.17) is 5.11 Å². The zero-order valence-electron chi connectivity index (χ0n) is 15.8. The number of benzene rings is 1. The van der Waals surface area contributed by atoms with E-state index in [-0.39, 0.29) is 49.5 Å². The second kappa shape index (κ2) is 7.25. The van der Waals surface area contributed by atoms with Gasteiger partial charge in [0, 0.05) is 25.2 Å². The number of imide groups is 2. The normalized spacial score (nSPS) is 21.8. The van der Waals surface area contributed by atoms with Gasteiger partial charge in [0.25, 0.3) is 11.8 Å². The monoisotopic (exact) mass is 414 g/mol. The number of piperazine rings is 1. The maximum atomic E-state index is 12.9. The van der Waals surface area contributed by atoms with Crippen LogP contribution in [0, 0.1) is 0 Å². The van der Waals surface area contributed by atoms with Crippen LogP contribution in [-0.4, -0.2) is 82.6 Å². The van der Waals surface area contributed by atoms with E-state index in [1.165, 1.54) is 17.0 Å². The number of hydrogen-bond donors (Lipinski definition) is 2. The molecule has 156 valence electrons. The summed E-state index contributed by atoms with van der Waals surface area (Å²) in [5.41, 5.74) is 0.829. The van der Waals surface area contributed by atoms with Gasteiger partial charge in [0.2, 0.25) is 17.7 Å². The summed E-state index contributed by atoms with van der Waals surface area (Å²) in [6.07, 6.45) is 0.112. The van der Waals surface area contributed by atoms with Crippen molar-refractivity contribution < 1.29 is 33.9 Å². The van der Waals surface area contributed by atoms with Gasteiger partial charge >= 0.3 is 5.97 Å². The van der Waals surface area contributed by atoms with E-state index in [0.29, 0.717) is 12.2 Å². The molecule has 1 unspecified atom stereocenters. The van der Waals surface area contributed by atoms with Gasteiger partial charge in [0.1, 0.15) is 12.6 Å². The Kier molecular flexibility index (Phi) is 4.72. The molecule has 0 bridgehead atoms. The molecule has 0 saturated carbocycles. The molecule has 0 aliphatic carbocycles. The highest BCUT2D eigenvalue weighted by Gasteiger charge is 2.44. The molecule has 5 amide bonds. The van der Waals surface area contributed by atoms with Crippen molar-refractivity contribution in [3.8, 4) is 0 Å². The van der Waals surface area contributed by atoms with Crippen LogP contribution in [0.4, 0.5) is 5.69 Å². The number of carbonyl (C=O) groups is 6. The molecule has 2 fully saturated rings. The third-order valence-electron chi connectivity index (χ3n) is 5.43. The van der Waals surface area contributed by atoms with Crippen LogP contribution in [0.2, 0.25) is 0 Å². The largest absolute Gasteiger partial charge is 0.480 e. The molecule has 11 nitrogen and oxygen atoms in total. The van der Waals surface area contributed by atoms with Crippen molar-refractivity contribution in [1.82, 2.24) is 15.1 Å². The number of anilines is 1. The number of hydrogen-bond acceptors (Lipinski definition) is 7. The van der Waals surface area contributed by atoms with Gasteiger partial charge in [-0.1, -0.05) is 0 Å². The highest BCUT2D eigenvalue weighted by molar-refractivity contribution is 6.23. The summed E-state index contributed by atoms with van der Waals surface area (Å²) in [5.74, 6) is -3.78. The molecule has 1 aromatic carbocycles. The number of aliphatic carboxylic acids is 1. The van der Waals surface area contributed by atoms with Gasteiger partial charge in [-0.15, -0.1) is 0 Å². The van der Waals surface area contributed by atoms with E-state index in [1.807, 2.05) is 0 Å². The average Bonchev–Trinajstić information content (AvgIpc) is 2.93. The maximum Gasteiger partial charge on any atom is 0.323 e. The molecule has 11 heteroatoms. The zero-order chi connectivity index (χ0) is 21.6. The number of nitrogens with one attached hydrogen (secondary N) is 1. The van der Waals surface area contributed by atoms with E-state index in [0.717, 1.165) is 4.90 Å². The van der Waals surface area contributed by atoms with Crippen molar-refractivity contribution in [1.29, 1.82) is 0 Å². The predicted octanol–water partition coefficient (Wildman–Crippen LogP) is -1.18. The Bertz CT molecular complexity index is 1000. The second-order valence-corrected chi connectivity index (χ2v) is 7.31. The molecule has 3 heterocycles. The first-order valence-electron chi connectivity index (χ1n) is 9.36. The van der Waals surface area contributed by atoms with E-state index in [1.54, 1.807) is 11.0 Å². The third kappa shape index (κ3) is 3.27. The van der Waals surface area contributed by atoms with Crippen molar-refractivity contribution in [2.75, 3.05) is 31.1 Å². The lowest BCUT2D eigenvalue weighted by Gasteiger charge is -2.34. The summed E-state index contributed by atoms with van der Waals surface area (Å²) in [4.78, 5) is 76.0. The van der Waals surface area contributed by atoms with E-state index < -0.39 is 35.6 Å². The highest BCUT2D eigenvalue weighted by atomic mass is 16.4. The average molecular weight is 414 g/mol. The van der Waals surface area contributed by atoms with Crippen molar-refractivity contribution in [2.24, 2.45) is 0 Å². The molecule has 0 radical (unpaired) electrons. The maximum absolute atomic E-state index is 12.9. The Morgan fingerprint density at radius 1 is 1.07 bits per heavy atom. The summed E-state index contributed by atoms with van der Waals surface area (Å²) in [7, 11) is 0. The van der Waals surface area contributed by atoms with Crippen molar-refractivity contribution in [3.05, 3.63) is 29.3 Å². The van der Waals surface area contributed by atoms with Crippen LogP contribution in [0.1, 0.15) is 33.6 Å². The van der Waals surface area contributed by atoms with E-state index in [9.17, 15) is 28.8 Å². The van der Waals surface area contributed by atoms with Gasteiger partial charge in [-0.25, -0.2) is 0 Å². The Balaban J connectivity index is 1.54. The van der Waals surface area contributed by atoms with Crippen molar-refractivity contribution in [3.63, 3.8) is 0 Å². The molecule has 0 aromatic heterocycles. The van der Waals surface area contributed by atoms with Crippen LogP contribution in [0.15, 0.2) is 18.2 Å². The van der Waals surface area contributed by atoms with Crippen LogP contribution in [0.3, 0.4) is 0 Å². The Morgan fingerprint density at radius 2 is 1.80 bits per heavy atom. The molecule has 3 aliphatic rings. The van der Waals surface area contributed by atoms with E-state index >= 15 is 0 Å². The minimum absolute atomic E-state index is 0.0395. The quantitative estimate of drug-likeness (QED) is 0.586. The number of fused-ring (bicyclic) bond motifs is 1. The van der Waals surface area contributed by atoms with Gasteiger partial charge < -0.3 is 14.9 Å². The molecule has 1 atom stereocenters. The number of carboxylic acid groups (broad SMARTS) is 1. The van der Waals surface area contributed by atoms with Crippen LogP contribution in [0.5, 0.6) is 0 Å². The lowest BCUT2D eigenvalue weighted by atomic mass is 10.0. The Hall–Kier alpha value is -3.76. The van der Waals surface area contributed by atoms with Gasteiger partial charge in [-0.05, 0) is 24.6 Å². The van der Waals surface area contributed by atoms with Crippen LogP contribution >= 0.6 is 0 Å². The number of nitrogens with zero attached hydrogens (tertiary/aromatic N) is 3. The van der Waals surface area contributed by atoms with Crippen LogP contribution in [0.25, 0.3) is 0 Å². The smallest absolute Gasteiger partial charge is 0.323 e. The molecule has 2 saturated heterocycles.